The Balaban J connectivity index is 2.58. The molecular formula is C13H21N3O. The van der Waals surface area contributed by atoms with E-state index in [0.717, 1.165) is 31.0 Å². The molecule has 0 fully saturated rings. The largest absolute Gasteiger partial charge is 0.508 e. The molecule has 4 heteroatoms. The van der Waals surface area contributed by atoms with E-state index < -0.39 is 0 Å². The molecule has 0 heterocycles. The van der Waals surface area contributed by atoms with Crippen molar-refractivity contribution < 1.29 is 5.11 Å². The lowest BCUT2D eigenvalue weighted by Crippen LogP contribution is -2.37. The molecule has 0 aliphatic heterocycles. The summed E-state index contributed by atoms with van der Waals surface area (Å²) in [5, 5.41) is 15.8. The van der Waals surface area contributed by atoms with Crippen LogP contribution in [0.4, 0.5) is 0 Å². The maximum absolute atomic E-state index is 9.34. The summed E-state index contributed by atoms with van der Waals surface area (Å²) in [6.07, 6.45) is 1.07. The number of hydrogen-bond acceptors (Lipinski definition) is 2. The lowest BCUT2D eigenvalue weighted by atomic mass is 10.2. The molecule has 0 saturated carbocycles. The van der Waals surface area contributed by atoms with E-state index in [0.29, 0.717) is 6.54 Å². The van der Waals surface area contributed by atoms with Gasteiger partial charge in [0, 0.05) is 13.1 Å². The van der Waals surface area contributed by atoms with Crippen molar-refractivity contribution in [2.24, 2.45) is 4.99 Å². The first-order valence-corrected chi connectivity index (χ1v) is 6.06. The molecule has 0 aliphatic rings. The highest BCUT2D eigenvalue weighted by Gasteiger charge is 1.97. The number of hydrogen-bond donors (Lipinski definition) is 3. The first-order valence-electron chi connectivity index (χ1n) is 6.06. The summed E-state index contributed by atoms with van der Waals surface area (Å²) in [5.74, 6) is 1.10. The molecule has 0 aliphatic carbocycles. The second kappa shape index (κ2) is 7.54. The van der Waals surface area contributed by atoms with Crippen LogP contribution in [0.15, 0.2) is 29.3 Å². The fourth-order valence-corrected chi connectivity index (χ4v) is 1.41. The maximum atomic E-state index is 9.34. The van der Waals surface area contributed by atoms with Gasteiger partial charge in [-0.2, -0.15) is 0 Å². The Hall–Kier alpha value is -1.71. The number of aromatic hydroxyl groups is 1. The van der Waals surface area contributed by atoms with Crippen molar-refractivity contribution in [1.82, 2.24) is 10.6 Å². The van der Waals surface area contributed by atoms with Gasteiger partial charge in [0.25, 0.3) is 0 Å². The number of guanidine groups is 1. The normalized spacial score (nSPS) is 11.3. The van der Waals surface area contributed by atoms with Crippen molar-refractivity contribution in [1.29, 1.82) is 0 Å². The molecule has 1 aromatic carbocycles. The average molecular weight is 235 g/mol. The van der Waals surface area contributed by atoms with Gasteiger partial charge in [0.15, 0.2) is 5.96 Å². The molecular weight excluding hydrogens is 214 g/mol. The minimum Gasteiger partial charge on any atom is -0.508 e. The first-order chi connectivity index (χ1) is 8.26. The summed E-state index contributed by atoms with van der Waals surface area (Å²) in [6, 6.07) is 7.17. The molecule has 0 spiro atoms. The van der Waals surface area contributed by atoms with Gasteiger partial charge in [0.05, 0.1) is 6.54 Å². The minimum absolute atomic E-state index is 0.282. The Morgan fingerprint density at radius 3 is 2.76 bits per heavy atom. The van der Waals surface area contributed by atoms with Crippen LogP contribution in [-0.2, 0) is 6.54 Å². The zero-order valence-electron chi connectivity index (χ0n) is 10.5. The molecule has 1 aromatic rings. The minimum atomic E-state index is 0.282. The summed E-state index contributed by atoms with van der Waals surface area (Å²) in [5.41, 5.74) is 0.999. The smallest absolute Gasteiger partial charge is 0.191 e. The van der Waals surface area contributed by atoms with Crippen LogP contribution < -0.4 is 10.6 Å². The van der Waals surface area contributed by atoms with Crippen LogP contribution in [0.5, 0.6) is 5.75 Å². The van der Waals surface area contributed by atoms with Crippen LogP contribution >= 0.6 is 0 Å². The van der Waals surface area contributed by atoms with E-state index in [4.69, 9.17) is 0 Å². The molecule has 0 unspecified atom stereocenters. The predicted molar refractivity (Wildman–Crippen MR) is 71.2 cm³/mol. The predicted octanol–water partition coefficient (Wildman–Crippen LogP) is 1.86. The topological polar surface area (TPSA) is 56.7 Å². The third-order valence-corrected chi connectivity index (χ3v) is 2.22. The molecule has 0 atom stereocenters. The third kappa shape index (κ3) is 5.24. The second-order valence-corrected chi connectivity index (χ2v) is 3.79. The SMILES string of the molecule is CCCNC(=NCc1cccc(O)c1)NCC. The summed E-state index contributed by atoms with van der Waals surface area (Å²) in [7, 11) is 0. The highest BCUT2D eigenvalue weighted by atomic mass is 16.3. The molecule has 0 saturated heterocycles. The van der Waals surface area contributed by atoms with E-state index in [1.165, 1.54) is 0 Å². The zero-order chi connectivity index (χ0) is 12.5. The van der Waals surface area contributed by atoms with Crippen molar-refractivity contribution in [3.05, 3.63) is 29.8 Å². The van der Waals surface area contributed by atoms with E-state index in [-0.39, 0.29) is 5.75 Å². The third-order valence-electron chi connectivity index (χ3n) is 2.22. The monoisotopic (exact) mass is 235 g/mol. The zero-order valence-corrected chi connectivity index (χ0v) is 10.5. The Labute approximate surface area is 103 Å². The van der Waals surface area contributed by atoms with Gasteiger partial charge in [-0.1, -0.05) is 19.1 Å². The summed E-state index contributed by atoms with van der Waals surface area (Å²) < 4.78 is 0. The van der Waals surface area contributed by atoms with Crippen LogP contribution in [0.25, 0.3) is 0 Å². The number of nitrogens with one attached hydrogen (secondary N) is 2. The van der Waals surface area contributed by atoms with E-state index in [1.807, 2.05) is 19.1 Å². The number of benzene rings is 1. The van der Waals surface area contributed by atoms with Gasteiger partial charge >= 0.3 is 0 Å². The Kier molecular flexibility index (Phi) is 5.93. The van der Waals surface area contributed by atoms with E-state index in [1.54, 1.807) is 12.1 Å². The summed E-state index contributed by atoms with van der Waals surface area (Å²) in [6.45, 7) is 6.47. The van der Waals surface area contributed by atoms with Crippen LogP contribution in [-0.4, -0.2) is 24.2 Å². The van der Waals surface area contributed by atoms with Crippen molar-refractivity contribution >= 4 is 5.96 Å². The van der Waals surface area contributed by atoms with Gasteiger partial charge in [-0.25, -0.2) is 4.99 Å². The highest BCUT2D eigenvalue weighted by molar-refractivity contribution is 5.79. The van der Waals surface area contributed by atoms with Gasteiger partial charge in [-0.3, -0.25) is 0 Å². The average Bonchev–Trinajstić information content (AvgIpc) is 2.33. The second-order valence-electron chi connectivity index (χ2n) is 3.79. The van der Waals surface area contributed by atoms with E-state index >= 15 is 0 Å². The van der Waals surface area contributed by atoms with Crippen LogP contribution in [0, 0.1) is 0 Å². The molecule has 4 nitrogen and oxygen atoms in total. The molecule has 3 N–H and O–H groups in total. The fourth-order valence-electron chi connectivity index (χ4n) is 1.41. The van der Waals surface area contributed by atoms with Crippen molar-refractivity contribution in [2.45, 2.75) is 26.8 Å². The van der Waals surface area contributed by atoms with E-state index in [9.17, 15) is 5.11 Å². The van der Waals surface area contributed by atoms with Gasteiger partial charge in [-0.15, -0.1) is 0 Å². The number of nitrogens with zero attached hydrogens (tertiary/aromatic N) is 1. The van der Waals surface area contributed by atoms with Crippen molar-refractivity contribution in [3.63, 3.8) is 0 Å². The Morgan fingerprint density at radius 2 is 2.12 bits per heavy atom. The van der Waals surface area contributed by atoms with Crippen LogP contribution in [0.2, 0.25) is 0 Å². The first kappa shape index (κ1) is 13.4. The molecule has 17 heavy (non-hydrogen) atoms. The van der Waals surface area contributed by atoms with Gasteiger partial charge in [0.1, 0.15) is 5.75 Å². The summed E-state index contributed by atoms with van der Waals surface area (Å²) in [4.78, 5) is 4.45. The molecule has 0 aromatic heterocycles. The molecule has 0 bridgehead atoms. The molecule has 94 valence electrons. The maximum Gasteiger partial charge on any atom is 0.191 e. The Morgan fingerprint density at radius 1 is 1.29 bits per heavy atom. The highest BCUT2D eigenvalue weighted by Crippen LogP contribution is 2.11. The quantitative estimate of drug-likeness (QED) is 0.539. The van der Waals surface area contributed by atoms with Crippen molar-refractivity contribution in [3.8, 4) is 5.75 Å². The molecule has 1 rings (SSSR count). The number of rotatable bonds is 5. The lowest BCUT2D eigenvalue weighted by Gasteiger charge is -2.10. The fraction of sp³-hybridized carbons (Fsp3) is 0.462. The van der Waals surface area contributed by atoms with Gasteiger partial charge in [0.2, 0.25) is 0 Å². The Bertz CT molecular complexity index is 363. The lowest BCUT2D eigenvalue weighted by molar-refractivity contribution is 0.474. The van der Waals surface area contributed by atoms with E-state index in [2.05, 4.69) is 22.5 Å². The van der Waals surface area contributed by atoms with Gasteiger partial charge in [-0.05, 0) is 31.0 Å². The molecule has 0 amide bonds. The summed E-state index contributed by atoms with van der Waals surface area (Å²) >= 11 is 0. The standard InChI is InChI=1S/C13H21N3O/c1-3-8-15-13(14-4-2)16-10-11-6-5-7-12(17)9-11/h5-7,9,17H,3-4,8,10H2,1-2H3,(H2,14,15,16). The number of phenols is 1. The van der Waals surface area contributed by atoms with Crippen LogP contribution in [0.1, 0.15) is 25.8 Å². The number of phenolic OH excluding ortho intramolecular Hbond substituents is 1. The van der Waals surface area contributed by atoms with Crippen LogP contribution in [0.3, 0.4) is 0 Å². The molecule has 0 radical (unpaired) electrons. The van der Waals surface area contributed by atoms with Gasteiger partial charge < -0.3 is 15.7 Å². The number of aliphatic imine (C=N–C) groups is 1. The van der Waals surface area contributed by atoms with Crippen molar-refractivity contribution in [2.75, 3.05) is 13.1 Å².